The van der Waals surface area contributed by atoms with Crippen LogP contribution in [0, 0.1) is 0 Å². The van der Waals surface area contributed by atoms with Crippen molar-refractivity contribution in [2.75, 3.05) is 0 Å². The summed E-state index contributed by atoms with van der Waals surface area (Å²) in [6.45, 7) is 0. The zero-order chi connectivity index (χ0) is 23.7. The van der Waals surface area contributed by atoms with Crippen molar-refractivity contribution in [3.8, 4) is 11.3 Å². The fourth-order valence-electron chi connectivity index (χ4n) is 5.11. The van der Waals surface area contributed by atoms with Gasteiger partial charge in [-0.15, -0.1) is 11.3 Å². The number of nitrogens with zero attached hydrogens (tertiary/aromatic N) is 1. The van der Waals surface area contributed by atoms with Crippen LogP contribution in [0.5, 0.6) is 0 Å². The molecule has 3 nitrogen and oxygen atoms in total. The molecule has 0 saturated heterocycles. The average molecular weight is 470 g/mol. The van der Waals surface area contributed by atoms with E-state index in [2.05, 4.69) is 66.2 Å². The fourth-order valence-corrected chi connectivity index (χ4v) is 6.18. The number of carbonyl (C=O) groups excluding carboxylic acids is 2. The molecule has 0 saturated carbocycles. The summed E-state index contributed by atoms with van der Waals surface area (Å²) >= 11 is 1.60. The van der Waals surface area contributed by atoms with Crippen molar-refractivity contribution >= 4 is 60.7 Å². The zero-order valence-electron chi connectivity index (χ0n) is 18.9. The summed E-state index contributed by atoms with van der Waals surface area (Å²) < 4.78 is 3.31. The minimum atomic E-state index is -0.190. The Kier molecular flexibility index (Phi) is 4.23. The topological polar surface area (TPSA) is 39.1 Å². The molecule has 0 N–H and O–H groups in total. The Morgan fingerprint density at radius 3 is 1.91 bits per heavy atom. The first-order chi connectivity index (χ1) is 17.1. The fraction of sp³-hybridized carbons (Fsp3) is 0.0323. The van der Waals surface area contributed by atoms with Gasteiger partial charge in [0, 0.05) is 28.7 Å². The Morgan fingerprint density at radius 1 is 0.686 bits per heavy atom. The van der Waals surface area contributed by atoms with Crippen molar-refractivity contribution in [3.05, 3.63) is 113 Å². The molecule has 4 aromatic carbocycles. The number of aromatic nitrogens is 1. The first-order valence-electron chi connectivity index (χ1n) is 11.5. The Bertz CT molecular complexity index is 1840. The Hall–Kier alpha value is -4.28. The highest BCUT2D eigenvalue weighted by Crippen LogP contribution is 2.37. The molecule has 0 amide bonds. The molecule has 0 radical (unpaired) electrons. The lowest BCUT2D eigenvalue weighted by Gasteiger charge is -2.06. The zero-order valence-corrected chi connectivity index (χ0v) is 19.7. The maximum atomic E-state index is 13.1. The highest BCUT2D eigenvalue weighted by molar-refractivity contribution is 7.19. The number of ketones is 2. The standard InChI is InChI=1S/C31H19NO2S/c1-32-27(22-11-10-18-6-2-3-7-19(18)12-22)17-29-28(32)16-23(35-29)15-26-30(33)24-13-20-8-4-5-9-21(20)14-25(24)31(26)34/h2-17H,1H3. The van der Waals surface area contributed by atoms with Crippen LogP contribution in [0.4, 0.5) is 0 Å². The van der Waals surface area contributed by atoms with Crippen LogP contribution in [0.25, 0.3) is 49.1 Å². The molecule has 0 atom stereocenters. The van der Waals surface area contributed by atoms with Gasteiger partial charge in [-0.2, -0.15) is 0 Å². The number of benzene rings is 4. The van der Waals surface area contributed by atoms with Gasteiger partial charge >= 0.3 is 0 Å². The minimum absolute atomic E-state index is 0.190. The lowest BCUT2D eigenvalue weighted by atomic mass is 10.0. The normalized spacial score (nSPS) is 13.3. The van der Waals surface area contributed by atoms with Crippen LogP contribution in [0.3, 0.4) is 0 Å². The third kappa shape index (κ3) is 3.04. The lowest BCUT2D eigenvalue weighted by molar-refractivity contribution is 0.0990. The van der Waals surface area contributed by atoms with E-state index in [1.54, 1.807) is 17.4 Å². The molecule has 0 fully saturated rings. The SMILES string of the molecule is Cn1c(-c2ccc3ccccc3c2)cc2sc(C=C3C(=O)c4cc5ccccc5cc4C3=O)cc21. The molecule has 0 bridgehead atoms. The number of aryl methyl sites for hydroxylation is 1. The van der Waals surface area contributed by atoms with Crippen LogP contribution < -0.4 is 0 Å². The summed E-state index contributed by atoms with van der Waals surface area (Å²) in [5, 5.41) is 4.37. The molecule has 35 heavy (non-hydrogen) atoms. The molecular formula is C31H19NO2S. The Morgan fingerprint density at radius 2 is 1.29 bits per heavy atom. The van der Waals surface area contributed by atoms with Gasteiger partial charge in [0.25, 0.3) is 0 Å². The molecule has 2 heterocycles. The van der Waals surface area contributed by atoms with Gasteiger partial charge < -0.3 is 4.57 Å². The summed E-state index contributed by atoms with van der Waals surface area (Å²) in [5.41, 5.74) is 4.64. The van der Waals surface area contributed by atoms with Gasteiger partial charge in [-0.05, 0) is 63.5 Å². The molecule has 0 spiro atoms. The predicted molar refractivity (Wildman–Crippen MR) is 144 cm³/mol. The van der Waals surface area contributed by atoms with Crippen molar-refractivity contribution < 1.29 is 9.59 Å². The van der Waals surface area contributed by atoms with E-state index in [0.717, 1.165) is 37.1 Å². The largest absolute Gasteiger partial charge is 0.343 e. The molecule has 4 heteroatoms. The summed E-state index contributed by atoms with van der Waals surface area (Å²) in [4.78, 5) is 27.2. The number of hydrogen-bond acceptors (Lipinski definition) is 3. The molecular weight excluding hydrogens is 450 g/mol. The van der Waals surface area contributed by atoms with Crippen molar-refractivity contribution in [1.29, 1.82) is 0 Å². The van der Waals surface area contributed by atoms with Crippen molar-refractivity contribution in [3.63, 3.8) is 0 Å². The third-order valence-corrected chi connectivity index (χ3v) is 7.96. The maximum Gasteiger partial charge on any atom is 0.197 e. The highest BCUT2D eigenvalue weighted by Gasteiger charge is 2.33. The number of hydrogen-bond donors (Lipinski definition) is 0. The molecule has 6 aromatic rings. The summed E-state index contributed by atoms with van der Waals surface area (Å²) in [6, 6.07) is 30.6. The second-order valence-electron chi connectivity index (χ2n) is 9.01. The van der Waals surface area contributed by atoms with E-state index < -0.39 is 0 Å². The van der Waals surface area contributed by atoms with Gasteiger partial charge in [0.15, 0.2) is 11.6 Å². The summed E-state index contributed by atoms with van der Waals surface area (Å²) in [7, 11) is 2.06. The van der Waals surface area contributed by atoms with Gasteiger partial charge in [-0.25, -0.2) is 0 Å². The van der Waals surface area contributed by atoms with Crippen LogP contribution in [0.15, 0.2) is 96.6 Å². The third-order valence-electron chi connectivity index (χ3n) is 6.95. The van der Waals surface area contributed by atoms with Gasteiger partial charge in [-0.1, -0.05) is 60.7 Å². The summed E-state index contributed by atoms with van der Waals surface area (Å²) in [5.74, 6) is -0.380. The molecule has 1 aliphatic carbocycles. The summed E-state index contributed by atoms with van der Waals surface area (Å²) in [6.07, 6.45) is 1.76. The number of rotatable bonds is 2. The van der Waals surface area contributed by atoms with E-state index in [9.17, 15) is 9.59 Å². The van der Waals surface area contributed by atoms with Gasteiger partial charge in [0.1, 0.15) is 0 Å². The first kappa shape index (κ1) is 20.1. The molecule has 0 aliphatic heterocycles. The number of allylic oxidation sites excluding steroid dienone is 1. The van der Waals surface area contributed by atoms with Gasteiger partial charge in [-0.3, -0.25) is 9.59 Å². The molecule has 166 valence electrons. The number of fused-ring (bicyclic) bond motifs is 4. The van der Waals surface area contributed by atoms with Gasteiger partial charge in [0.05, 0.1) is 15.8 Å². The quantitative estimate of drug-likeness (QED) is 0.193. The maximum absolute atomic E-state index is 13.1. The second kappa shape index (κ2) is 7.36. The monoisotopic (exact) mass is 469 g/mol. The Labute approximate surface area is 205 Å². The van der Waals surface area contributed by atoms with E-state index >= 15 is 0 Å². The number of Topliss-reactive ketones (excluding diaryl/α,β-unsaturated/α-hetero) is 2. The smallest absolute Gasteiger partial charge is 0.197 e. The van der Waals surface area contributed by atoms with E-state index in [-0.39, 0.29) is 17.1 Å². The number of carbonyl (C=O) groups is 2. The van der Waals surface area contributed by atoms with E-state index in [4.69, 9.17) is 0 Å². The van der Waals surface area contributed by atoms with Crippen LogP contribution >= 0.6 is 11.3 Å². The van der Waals surface area contributed by atoms with Crippen LogP contribution in [0.1, 0.15) is 25.6 Å². The van der Waals surface area contributed by atoms with Crippen molar-refractivity contribution in [2.45, 2.75) is 0 Å². The van der Waals surface area contributed by atoms with Crippen molar-refractivity contribution in [2.24, 2.45) is 7.05 Å². The molecule has 1 aliphatic rings. The van der Waals surface area contributed by atoms with Crippen LogP contribution in [-0.4, -0.2) is 16.1 Å². The van der Waals surface area contributed by atoms with E-state index in [1.165, 1.54) is 10.8 Å². The van der Waals surface area contributed by atoms with E-state index in [0.29, 0.717) is 11.1 Å². The average Bonchev–Trinajstić information content (AvgIpc) is 3.50. The van der Waals surface area contributed by atoms with Crippen LogP contribution in [0.2, 0.25) is 0 Å². The van der Waals surface area contributed by atoms with Crippen molar-refractivity contribution in [1.82, 2.24) is 4.57 Å². The first-order valence-corrected chi connectivity index (χ1v) is 12.3. The second-order valence-corrected chi connectivity index (χ2v) is 10.1. The number of thiophene rings is 1. The van der Waals surface area contributed by atoms with Gasteiger partial charge in [0.2, 0.25) is 0 Å². The lowest BCUT2D eigenvalue weighted by Crippen LogP contribution is -1.99. The van der Waals surface area contributed by atoms with E-state index in [1.807, 2.05) is 36.4 Å². The highest BCUT2D eigenvalue weighted by atomic mass is 32.1. The minimum Gasteiger partial charge on any atom is -0.343 e. The predicted octanol–water partition coefficient (Wildman–Crippen LogP) is 7.68. The van der Waals surface area contributed by atoms with Crippen LogP contribution in [-0.2, 0) is 7.05 Å². The molecule has 7 rings (SSSR count). The Balaban J connectivity index is 1.28. The molecule has 0 unspecified atom stereocenters. The molecule has 2 aromatic heterocycles.